The summed E-state index contributed by atoms with van der Waals surface area (Å²) >= 11 is -2.51. The van der Waals surface area contributed by atoms with E-state index < -0.39 is 17.3 Å². The lowest BCUT2D eigenvalue weighted by Gasteiger charge is -2.12. The maximum Gasteiger partial charge on any atom is 0.357 e. The molecule has 0 spiro atoms. The molecule has 2 aromatic rings. The minimum absolute atomic E-state index is 0.00569. The maximum atomic E-state index is 12.3. The van der Waals surface area contributed by atoms with Gasteiger partial charge in [-0.2, -0.15) is 4.21 Å². The van der Waals surface area contributed by atoms with Gasteiger partial charge in [-0.1, -0.05) is 32.0 Å². The van der Waals surface area contributed by atoms with Crippen molar-refractivity contribution in [3.63, 3.8) is 0 Å². The van der Waals surface area contributed by atoms with Crippen LogP contribution in [0.3, 0.4) is 0 Å². The number of hydrogen-bond donors (Lipinski definition) is 1. The SMILES string of the molecule is Cc1cc(OC(=O)c2ccccc2OS(=O)O)ccc1C(C)C. The molecule has 122 valence electrons. The first-order chi connectivity index (χ1) is 10.9. The molecule has 2 rings (SSSR count). The second-order valence-electron chi connectivity index (χ2n) is 5.36. The largest absolute Gasteiger partial charge is 0.423 e. The van der Waals surface area contributed by atoms with Crippen molar-refractivity contribution in [2.45, 2.75) is 26.7 Å². The van der Waals surface area contributed by atoms with Gasteiger partial charge in [0.25, 0.3) is 0 Å². The normalized spacial score (nSPS) is 12.0. The van der Waals surface area contributed by atoms with Gasteiger partial charge in [-0.25, -0.2) is 4.79 Å². The molecule has 2 aromatic carbocycles. The van der Waals surface area contributed by atoms with Crippen LogP contribution in [0.2, 0.25) is 0 Å². The third kappa shape index (κ3) is 4.40. The molecule has 5 nitrogen and oxygen atoms in total. The van der Waals surface area contributed by atoms with Crippen molar-refractivity contribution >= 4 is 17.3 Å². The molecule has 0 bridgehead atoms. The van der Waals surface area contributed by atoms with Gasteiger partial charge in [0, 0.05) is 0 Å². The van der Waals surface area contributed by atoms with Crippen LogP contribution in [0, 0.1) is 6.92 Å². The summed E-state index contributed by atoms with van der Waals surface area (Å²) in [6.45, 7) is 6.14. The van der Waals surface area contributed by atoms with E-state index in [1.807, 2.05) is 13.0 Å². The molecule has 0 fully saturated rings. The standard InChI is InChI=1S/C17H18O5S/c1-11(2)14-9-8-13(10-12(14)3)21-17(18)15-6-4-5-7-16(15)22-23(19)20/h4-11H,1-3H3,(H,19,20). The smallest absolute Gasteiger partial charge is 0.357 e. The van der Waals surface area contributed by atoms with Crippen LogP contribution in [0.15, 0.2) is 42.5 Å². The molecule has 0 aliphatic rings. The average Bonchev–Trinajstić information content (AvgIpc) is 2.46. The first kappa shape index (κ1) is 17.2. The van der Waals surface area contributed by atoms with Crippen LogP contribution in [-0.2, 0) is 11.4 Å². The van der Waals surface area contributed by atoms with Crippen LogP contribution in [0.1, 0.15) is 41.3 Å². The first-order valence-corrected chi connectivity index (χ1v) is 8.12. The molecule has 1 atom stereocenters. The number of carbonyl (C=O) groups is 1. The highest BCUT2D eigenvalue weighted by atomic mass is 32.2. The van der Waals surface area contributed by atoms with E-state index in [-0.39, 0.29) is 11.3 Å². The number of benzene rings is 2. The Morgan fingerprint density at radius 2 is 1.87 bits per heavy atom. The van der Waals surface area contributed by atoms with Crippen LogP contribution < -0.4 is 8.92 Å². The molecule has 1 unspecified atom stereocenters. The van der Waals surface area contributed by atoms with Gasteiger partial charge in [0.05, 0.1) is 0 Å². The predicted octanol–water partition coefficient (Wildman–Crippen LogP) is 3.85. The van der Waals surface area contributed by atoms with E-state index in [4.69, 9.17) is 13.5 Å². The lowest BCUT2D eigenvalue weighted by atomic mass is 9.98. The third-order valence-corrected chi connectivity index (χ3v) is 3.66. The first-order valence-electron chi connectivity index (χ1n) is 7.09. The van der Waals surface area contributed by atoms with Crippen molar-refractivity contribution in [2.24, 2.45) is 0 Å². The van der Waals surface area contributed by atoms with Crippen molar-refractivity contribution in [1.82, 2.24) is 0 Å². The Morgan fingerprint density at radius 3 is 2.48 bits per heavy atom. The summed E-state index contributed by atoms with van der Waals surface area (Å²) in [5.41, 5.74) is 2.30. The van der Waals surface area contributed by atoms with E-state index in [0.29, 0.717) is 11.7 Å². The van der Waals surface area contributed by atoms with Crippen LogP contribution in [0.5, 0.6) is 11.5 Å². The highest BCUT2D eigenvalue weighted by Gasteiger charge is 2.16. The molecule has 0 radical (unpaired) electrons. The van der Waals surface area contributed by atoms with Crippen molar-refractivity contribution in [3.8, 4) is 11.5 Å². The zero-order chi connectivity index (χ0) is 17.0. The molecule has 0 heterocycles. The topological polar surface area (TPSA) is 72.8 Å². The average molecular weight is 334 g/mol. The van der Waals surface area contributed by atoms with Gasteiger partial charge in [-0.05, 0) is 48.2 Å². The molecular weight excluding hydrogens is 316 g/mol. The number of para-hydroxylation sites is 1. The number of aryl methyl sites for hydroxylation is 1. The second-order valence-corrected chi connectivity index (χ2v) is 5.96. The molecule has 0 saturated heterocycles. The third-order valence-electron chi connectivity index (χ3n) is 3.34. The summed E-state index contributed by atoms with van der Waals surface area (Å²) in [4.78, 5) is 12.3. The molecule has 0 aliphatic carbocycles. The summed E-state index contributed by atoms with van der Waals surface area (Å²) in [5, 5.41) is 0. The van der Waals surface area contributed by atoms with Crippen molar-refractivity contribution in [3.05, 3.63) is 59.2 Å². The molecule has 1 N–H and O–H groups in total. The van der Waals surface area contributed by atoms with Crippen LogP contribution in [0.25, 0.3) is 0 Å². The minimum atomic E-state index is -2.51. The Morgan fingerprint density at radius 1 is 1.17 bits per heavy atom. The summed E-state index contributed by atoms with van der Waals surface area (Å²) in [7, 11) is 0. The van der Waals surface area contributed by atoms with E-state index in [2.05, 4.69) is 13.8 Å². The van der Waals surface area contributed by atoms with Crippen molar-refractivity contribution in [1.29, 1.82) is 0 Å². The monoisotopic (exact) mass is 334 g/mol. The Kier molecular flexibility index (Phi) is 5.52. The lowest BCUT2D eigenvalue weighted by molar-refractivity contribution is 0.0733. The van der Waals surface area contributed by atoms with E-state index in [1.165, 1.54) is 17.7 Å². The number of esters is 1. The van der Waals surface area contributed by atoms with Crippen molar-refractivity contribution in [2.75, 3.05) is 0 Å². The summed E-state index contributed by atoms with van der Waals surface area (Å²) < 4.78 is 29.6. The van der Waals surface area contributed by atoms with Gasteiger partial charge < -0.3 is 8.92 Å². The molecule has 0 aromatic heterocycles. The van der Waals surface area contributed by atoms with Crippen molar-refractivity contribution < 1.29 is 22.5 Å². The Bertz CT molecular complexity index is 740. The van der Waals surface area contributed by atoms with Gasteiger partial charge in [-0.3, -0.25) is 4.55 Å². The van der Waals surface area contributed by atoms with Gasteiger partial charge in [-0.15, -0.1) is 0 Å². The molecule has 6 heteroatoms. The summed E-state index contributed by atoms with van der Waals surface area (Å²) in [6.07, 6.45) is 0. The summed E-state index contributed by atoms with van der Waals surface area (Å²) in [6, 6.07) is 11.6. The molecule has 0 saturated carbocycles. The van der Waals surface area contributed by atoms with Gasteiger partial charge in [0.1, 0.15) is 11.3 Å². The molecule has 0 aliphatic heterocycles. The van der Waals surface area contributed by atoms with Crippen LogP contribution in [-0.4, -0.2) is 14.7 Å². The van der Waals surface area contributed by atoms with Gasteiger partial charge in [0.2, 0.25) is 0 Å². The Hall–Kier alpha value is -2.18. The van der Waals surface area contributed by atoms with Crippen LogP contribution in [0.4, 0.5) is 0 Å². The fraction of sp³-hybridized carbons (Fsp3) is 0.235. The maximum absolute atomic E-state index is 12.3. The Labute approximate surface area is 137 Å². The van der Waals surface area contributed by atoms with E-state index >= 15 is 0 Å². The zero-order valence-corrected chi connectivity index (χ0v) is 13.9. The lowest BCUT2D eigenvalue weighted by Crippen LogP contribution is -2.11. The fourth-order valence-corrected chi connectivity index (χ4v) is 2.61. The highest BCUT2D eigenvalue weighted by molar-refractivity contribution is 7.74. The Balaban J connectivity index is 2.23. The number of rotatable bonds is 5. The number of hydrogen-bond acceptors (Lipinski definition) is 4. The second kappa shape index (κ2) is 7.39. The van der Waals surface area contributed by atoms with E-state index in [9.17, 15) is 9.00 Å². The molecule has 0 amide bonds. The number of ether oxygens (including phenoxy) is 1. The fourth-order valence-electron chi connectivity index (χ4n) is 2.31. The molecule has 23 heavy (non-hydrogen) atoms. The van der Waals surface area contributed by atoms with Gasteiger partial charge >= 0.3 is 17.3 Å². The number of carbonyl (C=O) groups excluding carboxylic acids is 1. The predicted molar refractivity (Wildman–Crippen MR) is 88.1 cm³/mol. The highest BCUT2D eigenvalue weighted by Crippen LogP contribution is 2.25. The summed E-state index contributed by atoms with van der Waals surface area (Å²) in [5.74, 6) is 0.141. The minimum Gasteiger partial charge on any atom is -0.423 e. The van der Waals surface area contributed by atoms with Crippen LogP contribution >= 0.6 is 0 Å². The van der Waals surface area contributed by atoms with E-state index in [0.717, 1.165) is 5.56 Å². The molecular formula is C17H18O5S. The quantitative estimate of drug-likeness (QED) is 0.511. The zero-order valence-electron chi connectivity index (χ0n) is 13.1. The van der Waals surface area contributed by atoms with Gasteiger partial charge in [0.15, 0.2) is 5.75 Å². The van der Waals surface area contributed by atoms with E-state index in [1.54, 1.807) is 24.3 Å².